The van der Waals surface area contributed by atoms with E-state index in [0.29, 0.717) is 12.8 Å². The number of Topliss-reactive ketones (excluding diaryl/α,β-unsaturated/α-hetero) is 3. The summed E-state index contributed by atoms with van der Waals surface area (Å²) in [6.07, 6.45) is 2.04. The lowest BCUT2D eigenvalue weighted by Gasteiger charge is -2.46. The molecule has 11 heteroatoms. The highest BCUT2D eigenvalue weighted by Gasteiger charge is 2.66. The molecule has 1 unspecified atom stereocenters. The number of amides is 1. The van der Waals surface area contributed by atoms with E-state index in [4.69, 9.17) is 10.5 Å². The number of carbonyl (C=O) groups is 5. The van der Waals surface area contributed by atoms with E-state index in [9.17, 15) is 44.4 Å². The van der Waals surface area contributed by atoms with Gasteiger partial charge in [-0.25, -0.2) is 0 Å². The molecule has 38 heavy (non-hydrogen) atoms. The number of hydrogen-bond acceptors (Lipinski definition) is 10. The Labute approximate surface area is 216 Å². The molecule has 200 valence electrons. The number of ketones is 3. The monoisotopic (exact) mass is 525 g/mol. The van der Waals surface area contributed by atoms with Gasteiger partial charge in [-0.3, -0.25) is 24.0 Å². The molecule has 3 aliphatic rings. The van der Waals surface area contributed by atoms with Crippen LogP contribution < -0.4 is 5.73 Å². The molecule has 0 saturated heterocycles. The maximum absolute atomic E-state index is 13.7. The van der Waals surface area contributed by atoms with Crippen molar-refractivity contribution in [3.63, 3.8) is 0 Å². The molecule has 5 rings (SSSR count). The average Bonchev–Trinajstić information content (AvgIpc) is 3.15. The fourth-order valence-electron chi connectivity index (χ4n) is 6.20. The smallest absolute Gasteiger partial charge is 0.309 e. The van der Waals surface area contributed by atoms with Crippen LogP contribution in [-0.2, 0) is 23.9 Å². The molecule has 0 heterocycles. The second-order valence-electron chi connectivity index (χ2n) is 10.3. The Balaban J connectivity index is 1.75. The maximum atomic E-state index is 13.7. The summed E-state index contributed by atoms with van der Waals surface area (Å²) < 4.78 is 5.80. The molecular weight excluding hydrogens is 498 g/mol. The van der Waals surface area contributed by atoms with Crippen molar-refractivity contribution in [1.29, 1.82) is 0 Å². The van der Waals surface area contributed by atoms with Gasteiger partial charge in [-0.1, -0.05) is 37.8 Å². The van der Waals surface area contributed by atoms with Crippen molar-refractivity contribution < 1.29 is 49.1 Å². The SMILES string of the molecule is NC(=O)C1C(=O)C[C@@H]2[C@@H](OC(=O)C3CCCCCC3)c3c(c(O)c4c(O)cccc4c3O)C(=O)[C@]2(O)C1=O. The van der Waals surface area contributed by atoms with Gasteiger partial charge in [0.25, 0.3) is 0 Å². The highest BCUT2D eigenvalue weighted by molar-refractivity contribution is 6.32. The number of aromatic hydroxyl groups is 3. The second-order valence-corrected chi connectivity index (χ2v) is 10.3. The standard InChI is InChI=1S/C27H27NO10/c28-25(35)17-15(30)10-13-22(38-26(36)11-6-3-1-2-4-7-11)18-19(24(34)27(13,37)23(17)33)21(32)16-12(20(18)31)8-5-9-14(16)29/h5,8-9,11,13,17,22,29,31-32,37H,1-4,6-7,10H2,(H2,28,35)/t13-,17?,22-,27-/m1/s1. The highest BCUT2D eigenvalue weighted by Crippen LogP contribution is 2.56. The summed E-state index contributed by atoms with van der Waals surface area (Å²) in [5.41, 5.74) is 1.02. The number of benzene rings is 2. The predicted molar refractivity (Wildman–Crippen MR) is 129 cm³/mol. The summed E-state index contributed by atoms with van der Waals surface area (Å²) in [5.74, 6) is -12.3. The van der Waals surface area contributed by atoms with E-state index in [0.717, 1.165) is 25.7 Å². The van der Waals surface area contributed by atoms with Crippen LogP contribution in [0.2, 0.25) is 0 Å². The van der Waals surface area contributed by atoms with Gasteiger partial charge < -0.3 is 30.9 Å². The number of primary amides is 1. The van der Waals surface area contributed by atoms with Crippen LogP contribution >= 0.6 is 0 Å². The molecule has 4 atom stereocenters. The number of phenolic OH excluding ortho intramolecular Hbond substituents is 3. The zero-order chi connectivity index (χ0) is 27.5. The van der Waals surface area contributed by atoms with Crippen LogP contribution in [0.3, 0.4) is 0 Å². The molecule has 0 aliphatic heterocycles. The lowest BCUT2D eigenvalue weighted by molar-refractivity contribution is -0.176. The number of phenols is 3. The third-order valence-electron chi connectivity index (χ3n) is 8.15. The first-order valence-electron chi connectivity index (χ1n) is 12.5. The molecule has 2 aromatic rings. The zero-order valence-electron chi connectivity index (χ0n) is 20.3. The first kappa shape index (κ1) is 25.7. The first-order valence-corrected chi connectivity index (χ1v) is 12.5. The van der Waals surface area contributed by atoms with E-state index >= 15 is 0 Å². The van der Waals surface area contributed by atoms with E-state index in [2.05, 4.69) is 0 Å². The van der Waals surface area contributed by atoms with E-state index in [1.807, 2.05) is 0 Å². The van der Waals surface area contributed by atoms with E-state index in [-0.39, 0.29) is 16.3 Å². The van der Waals surface area contributed by atoms with E-state index in [1.54, 1.807) is 0 Å². The van der Waals surface area contributed by atoms with Gasteiger partial charge in [0.05, 0.1) is 28.3 Å². The van der Waals surface area contributed by atoms with Crippen LogP contribution in [0.15, 0.2) is 18.2 Å². The Morgan fingerprint density at radius 2 is 1.63 bits per heavy atom. The minimum Gasteiger partial charge on any atom is -0.507 e. The topological polar surface area (TPSA) is 202 Å². The van der Waals surface area contributed by atoms with Crippen molar-refractivity contribution in [2.45, 2.75) is 56.7 Å². The summed E-state index contributed by atoms with van der Waals surface area (Å²) >= 11 is 0. The predicted octanol–water partition coefficient (Wildman–Crippen LogP) is 1.70. The van der Waals surface area contributed by atoms with Crippen LogP contribution in [0.4, 0.5) is 0 Å². The third-order valence-corrected chi connectivity index (χ3v) is 8.15. The van der Waals surface area contributed by atoms with Crippen LogP contribution in [0.1, 0.15) is 67.0 Å². The molecule has 3 aliphatic carbocycles. The third kappa shape index (κ3) is 3.56. The Morgan fingerprint density at radius 3 is 2.26 bits per heavy atom. The number of ether oxygens (including phenoxy) is 1. The average molecular weight is 526 g/mol. The van der Waals surface area contributed by atoms with E-state index in [1.165, 1.54) is 18.2 Å². The molecule has 2 fully saturated rings. The van der Waals surface area contributed by atoms with Gasteiger partial charge in [-0.2, -0.15) is 0 Å². The summed E-state index contributed by atoms with van der Waals surface area (Å²) in [6, 6.07) is 3.91. The lowest BCUT2D eigenvalue weighted by atomic mass is 9.59. The zero-order valence-corrected chi connectivity index (χ0v) is 20.3. The largest absolute Gasteiger partial charge is 0.507 e. The Hall–Kier alpha value is -3.99. The number of aliphatic hydroxyl groups is 1. The molecular formula is C27H27NO10. The van der Waals surface area contributed by atoms with Crippen LogP contribution in [0.5, 0.6) is 17.2 Å². The minimum atomic E-state index is -3.07. The van der Waals surface area contributed by atoms with Crippen LogP contribution in [0, 0.1) is 17.8 Å². The van der Waals surface area contributed by atoms with Gasteiger partial charge in [-0.05, 0) is 18.9 Å². The number of fused-ring (bicyclic) bond motifs is 3. The molecule has 1 amide bonds. The van der Waals surface area contributed by atoms with Gasteiger partial charge in [0.2, 0.25) is 11.7 Å². The number of hydrogen-bond donors (Lipinski definition) is 5. The van der Waals surface area contributed by atoms with Crippen LogP contribution in [-0.4, -0.2) is 55.3 Å². The number of nitrogens with two attached hydrogens (primary N) is 1. The molecule has 0 spiro atoms. The molecule has 2 saturated carbocycles. The fourth-order valence-corrected chi connectivity index (χ4v) is 6.20. The normalized spacial score (nSPS) is 27.9. The number of carbonyl (C=O) groups excluding carboxylic acids is 5. The molecule has 2 aromatic carbocycles. The van der Waals surface area contributed by atoms with Gasteiger partial charge in [0.15, 0.2) is 23.1 Å². The van der Waals surface area contributed by atoms with Gasteiger partial charge in [0.1, 0.15) is 23.4 Å². The van der Waals surface area contributed by atoms with Gasteiger partial charge in [0, 0.05) is 11.8 Å². The van der Waals surface area contributed by atoms with E-state index < -0.39 is 87.9 Å². The van der Waals surface area contributed by atoms with Crippen LogP contribution in [0.25, 0.3) is 10.8 Å². The molecule has 0 bridgehead atoms. The molecule has 6 N–H and O–H groups in total. The van der Waals surface area contributed by atoms with Crippen molar-refractivity contribution in [2.24, 2.45) is 23.5 Å². The van der Waals surface area contributed by atoms with Gasteiger partial charge in [-0.15, -0.1) is 0 Å². The lowest BCUT2D eigenvalue weighted by Crippen LogP contribution is -2.65. The van der Waals surface area contributed by atoms with Crippen molar-refractivity contribution >= 4 is 40.0 Å². The molecule has 0 radical (unpaired) electrons. The Kier molecular flexibility index (Phi) is 6.13. The molecule has 0 aromatic heterocycles. The number of esters is 1. The summed E-state index contributed by atoms with van der Waals surface area (Å²) in [6.45, 7) is 0. The van der Waals surface area contributed by atoms with Crippen molar-refractivity contribution in [3.05, 3.63) is 29.3 Å². The summed E-state index contributed by atoms with van der Waals surface area (Å²) in [5, 5.41) is 43.9. The number of rotatable bonds is 3. The fraction of sp³-hybridized carbons (Fsp3) is 0.444. The van der Waals surface area contributed by atoms with Crippen molar-refractivity contribution in [1.82, 2.24) is 0 Å². The quantitative estimate of drug-likeness (QED) is 0.170. The van der Waals surface area contributed by atoms with Crippen molar-refractivity contribution in [3.8, 4) is 17.2 Å². The molecule has 11 nitrogen and oxygen atoms in total. The Morgan fingerprint density at radius 1 is 0.974 bits per heavy atom. The van der Waals surface area contributed by atoms with Gasteiger partial charge >= 0.3 is 5.97 Å². The summed E-state index contributed by atoms with van der Waals surface area (Å²) in [7, 11) is 0. The van der Waals surface area contributed by atoms with Crippen molar-refractivity contribution in [2.75, 3.05) is 0 Å². The first-order chi connectivity index (χ1) is 18.0. The minimum absolute atomic E-state index is 0.0847. The Bertz CT molecular complexity index is 1410. The second kappa shape index (κ2) is 9.09. The highest BCUT2D eigenvalue weighted by atomic mass is 16.5. The maximum Gasteiger partial charge on any atom is 0.309 e. The summed E-state index contributed by atoms with van der Waals surface area (Å²) in [4.78, 5) is 65.1.